The Morgan fingerprint density at radius 3 is 2.38 bits per heavy atom. The Morgan fingerprint density at radius 1 is 1.19 bits per heavy atom. The Kier molecular flexibility index (Phi) is 6.89. The molecule has 0 saturated carbocycles. The maximum atomic E-state index is 12.5. The minimum atomic E-state index is -3.64. The first-order chi connectivity index (χ1) is 9.72. The lowest BCUT2D eigenvalue weighted by atomic mass is 10.3. The predicted octanol–water partition coefficient (Wildman–Crippen LogP) is 3.13. The molecule has 1 atom stereocenters. The zero-order chi connectivity index (χ0) is 16.0. The number of hydrogen-bond donors (Lipinski definition) is 2. The van der Waals surface area contributed by atoms with Gasteiger partial charge in [-0.25, -0.2) is 8.42 Å². The molecule has 1 aromatic carbocycles. The van der Waals surface area contributed by atoms with Crippen LogP contribution in [0.15, 0.2) is 29.2 Å². The van der Waals surface area contributed by atoms with Crippen molar-refractivity contribution in [2.24, 2.45) is 0 Å². The molecule has 0 aliphatic carbocycles. The van der Waals surface area contributed by atoms with Crippen molar-refractivity contribution in [1.29, 1.82) is 0 Å². The molecule has 1 rings (SSSR count). The van der Waals surface area contributed by atoms with Crippen LogP contribution in [0.3, 0.4) is 0 Å². The van der Waals surface area contributed by atoms with Crippen LogP contribution in [0, 0.1) is 0 Å². The Labute approximate surface area is 128 Å². The zero-order valence-corrected chi connectivity index (χ0v) is 13.8. The largest absolute Gasteiger partial charge is 0.313 e. The zero-order valence-electron chi connectivity index (χ0n) is 12.1. The molecule has 0 fully saturated rings. The second-order valence-electron chi connectivity index (χ2n) is 4.90. The van der Waals surface area contributed by atoms with Crippen molar-refractivity contribution in [1.82, 2.24) is 5.32 Å². The molecule has 120 valence electrons. The maximum absolute atomic E-state index is 12.5. The predicted molar refractivity (Wildman–Crippen MR) is 83.4 cm³/mol. The van der Waals surface area contributed by atoms with Gasteiger partial charge in [-0.3, -0.25) is 4.72 Å². The molecule has 21 heavy (non-hydrogen) atoms. The molecule has 8 heteroatoms. The molecular weight excluding hydrogens is 318 g/mol. The average molecular weight is 338 g/mol. The summed E-state index contributed by atoms with van der Waals surface area (Å²) < 4.78 is 51.8. The number of thioether (sulfide) groups is 1. The summed E-state index contributed by atoms with van der Waals surface area (Å²) in [7, 11) is -3.64. The van der Waals surface area contributed by atoms with E-state index in [2.05, 4.69) is 10.0 Å². The number of nitrogens with one attached hydrogen (secondary N) is 2. The van der Waals surface area contributed by atoms with E-state index < -0.39 is 21.0 Å². The fourth-order valence-electron chi connectivity index (χ4n) is 1.51. The minimum Gasteiger partial charge on any atom is -0.313 e. The summed E-state index contributed by atoms with van der Waals surface area (Å²) >= 11 is 0.320. The molecule has 0 bridgehead atoms. The van der Waals surface area contributed by atoms with E-state index in [9.17, 15) is 17.2 Å². The Morgan fingerprint density at radius 2 is 1.81 bits per heavy atom. The van der Waals surface area contributed by atoms with Crippen molar-refractivity contribution >= 4 is 27.5 Å². The van der Waals surface area contributed by atoms with Gasteiger partial charge in [0, 0.05) is 17.5 Å². The van der Waals surface area contributed by atoms with Crippen LogP contribution in [0.25, 0.3) is 0 Å². The van der Waals surface area contributed by atoms with Crippen LogP contribution in [0.4, 0.5) is 14.5 Å². The average Bonchev–Trinajstić information content (AvgIpc) is 2.37. The van der Waals surface area contributed by atoms with Gasteiger partial charge in [-0.1, -0.05) is 37.7 Å². The number of rotatable bonds is 8. The van der Waals surface area contributed by atoms with Gasteiger partial charge >= 0.3 is 0 Å². The van der Waals surface area contributed by atoms with Gasteiger partial charge in [0.1, 0.15) is 0 Å². The lowest BCUT2D eigenvalue weighted by Gasteiger charge is -2.18. The van der Waals surface area contributed by atoms with Crippen LogP contribution in [0.5, 0.6) is 0 Å². The lowest BCUT2D eigenvalue weighted by molar-refractivity contribution is 0.252. The molecule has 4 nitrogen and oxygen atoms in total. The van der Waals surface area contributed by atoms with E-state index in [0.717, 1.165) is 0 Å². The van der Waals surface area contributed by atoms with Crippen LogP contribution in [0.1, 0.15) is 20.8 Å². The highest BCUT2D eigenvalue weighted by atomic mass is 32.2. The van der Waals surface area contributed by atoms with E-state index in [4.69, 9.17) is 0 Å². The summed E-state index contributed by atoms with van der Waals surface area (Å²) in [6.45, 7) is 5.69. The van der Waals surface area contributed by atoms with Crippen molar-refractivity contribution in [3.05, 3.63) is 24.3 Å². The van der Waals surface area contributed by atoms with Crippen molar-refractivity contribution in [2.45, 2.75) is 42.7 Å². The molecule has 0 spiro atoms. The Hall–Kier alpha value is -0.860. The Bertz CT molecular complexity index is 551. The summed E-state index contributed by atoms with van der Waals surface area (Å²) in [5.74, 6) is -2.60. The summed E-state index contributed by atoms with van der Waals surface area (Å²) in [4.78, 5) is 0.208. The topological polar surface area (TPSA) is 58.2 Å². The van der Waals surface area contributed by atoms with E-state index in [1.807, 2.05) is 13.8 Å². The van der Waals surface area contributed by atoms with Crippen molar-refractivity contribution in [3.8, 4) is 0 Å². The number of para-hydroxylation sites is 1. The maximum Gasteiger partial charge on any atom is 0.288 e. The van der Waals surface area contributed by atoms with Crippen LogP contribution in [-0.4, -0.2) is 32.0 Å². The molecule has 0 aromatic heterocycles. The second-order valence-corrected chi connectivity index (χ2v) is 8.03. The van der Waals surface area contributed by atoms with E-state index in [1.165, 1.54) is 12.1 Å². The van der Waals surface area contributed by atoms with Crippen LogP contribution in [-0.2, 0) is 10.0 Å². The van der Waals surface area contributed by atoms with E-state index >= 15 is 0 Å². The summed E-state index contributed by atoms with van der Waals surface area (Å²) in [5.41, 5.74) is 0.180. The lowest BCUT2D eigenvalue weighted by Crippen LogP contribution is -2.37. The number of halogens is 2. The normalized spacial score (nSPS) is 13.7. The first kappa shape index (κ1) is 18.2. The van der Waals surface area contributed by atoms with Crippen molar-refractivity contribution in [2.75, 3.05) is 11.3 Å². The first-order valence-corrected chi connectivity index (χ1v) is 8.94. The molecular formula is C13H20F2N2O2S2. The van der Waals surface area contributed by atoms with Crippen molar-refractivity contribution in [3.63, 3.8) is 0 Å². The van der Waals surface area contributed by atoms with Gasteiger partial charge in [0.2, 0.25) is 10.0 Å². The van der Waals surface area contributed by atoms with E-state index in [-0.39, 0.29) is 23.2 Å². The molecule has 0 heterocycles. The molecule has 0 radical (unpaired) electrons. The number of alkyl halides is 2. The third-order valence-corrected chi connectivity index (χ3v) is 5.22. The van der Waals surface area contributed by atoms with Gasteiger partial charge in [-0.2, -0.15) is 8.78 Å². The summed E-state index contributed by atoms with van der Waals surface area (Å²) in [5, 5.41) is 2.36. The third-order valence-electron chi connectivity index (χ3n) is 2.70. The smallest absolute Gasteiger partial charge is 0.288 e. The van der Waals surface area contributed by atoms with Crippen molar-refractivity contribution < 1.29 is 17.2 Å². The highest BCUT2D eigenvalue weighted by Gasteiger charge is 2.22. The van der Waals surface area contributed by atoms with Gasteiger partial charge in [-0.15, -0.1) is 0 Å². The standard InChI is InChI=1S/C13H20F2N2O2S2/c1-9(2)16-8-10(3)21(18,19)17-11-6-4-5-7-12(11)20-13(14)15/h4-7,9-10,13,16-17H,8H2,1-3H3. The van der Waals surface area contributed by atoms with E-state index in [0.29, 0.717) is 11.8 Å². The molecule has 0 aliphatic heterocycles. The fraction of sp³-hybridized carbons (Fsp3) is 0.538. The third kappa shape index (κ3) is 6.19. The van der Waals surface area contributed by atoms with Crippen LogP contribution >= 0.6 is 11.8 Å². The summed E-state index contributed by atoms with van der Waals surface area (Å²) in [6, 6.07) is 6.30. The fourth-order valence-corrected chi connectivity index (χ4v) is 3.18. The molecule has 1 aromatic rings. The minimum absolute atomic E-state index is 0.171. The number of hydrogen-bond acceptors (Lipinski definition) is 4. The van der Waals surface area contributed by atoms with Gasteiger partial charge in [0.25, 0.3) is 5.76 Å². The highest BCUT2D eigenvalue weighted by Crippen LogP contribution is 2.32. The molecule has 0 aliphatic rings. The molecule has 1 unspecified atom stereocenters. The summed E-state index contributed by atoms with van der Waals surface area (Å²) in [6.07, 6.45) is 0. The van der Waals surface area contributed by atoms with Gasteiger partial charge in [0.05, 0.1) is 10.9 Å². The molecule has 0 saturated heterocycles. The molecule has 0 amide bonds. The quantitative estimate of drug-likeness (QED) is 0.715. The Balaban J connectivity index is 2.84. The SMILES string of the molecule is CC(C)NCC(C)S(=O)(=O)Nc1ccccc1SC(F)F. The van der Waals surface area contributed by atoms with Crippen LogP contribution in [0.2, 0.25) is 0 Å². The molecule has 2 N–H and O–H groups in total. The second kappa shape index (κ2) is 7.95. The first-order valence-electron chi connectivity index (χ1n) is 6.51. The number of sulfonamides is 1. The van der Waals surface area contributed by atoms with Gasteiger partial charge in [-0.05, 0) is 19.1 Å². The monoisotopic (exact) mass is 338 g/mol. The van der Waals surface area contributed by atoms with Crippen LogP contribution < -0.4 is 10.0 Å². The highest BCUT2D eigenvalue weighted by molar-refractivity contribution is 8.00. The number of benzene rings is 1. The number of anilines is 1. The van der Waals surface area contributed by atoms with E-state index in [1.54, 1.807) is 19.1 Å². The van der Waals surface area contributed by atoms with Gasteiger partial charge in [0.15, 0.2) is 0 Å². The van der Waals surface area contributed by atoms with Gasteiger partial charge < -0.3 is 5.32 Å².